The van der Waals surface area contributed by atoms with Crippen molar-refractivity contribution in [2.45, 2.75) is 19.9 Å². The smallest absolute Gasteiger partial charge is 0.338 e. The maximum Gasteiger partial charge on any atom is 0.338 e. The highest BCUT2D eigenvalue weighted by Crippen LogP contribution is 2.31. The molecule has 1 atom stereocenters. The molecule has 0 bridgehead atoms. The summed E-state index contributed by atoms with van der Waals surface area (Å²) in [5, 5.41) is 0.577. The van der Waals surface area contributed by atoms with Gasteiger partial charge in [0.2, 0.25) is 0 Å². The van der Waals surface area contributed by atoms with Crippen molar-refractivity contribution in [3.8, 4) is 0 Å². The van der Waals surface area contributed by atoms with Gasteiger partial charge >= 0.3 is 5.97 Å². The van der Waals surface area contributed by atoms with Crippen molar-refractivity contribution in [2.75, 3.05) is 6.61 Å². The topological polar surface area (TPSA) is 60.7 Å². The second-order valence-corrected chi connectivity index (χ2v) is 8.21. The van der Waals surface area contributed by atoms with Crippen LogP contribution in [-0.2, 0) is 9.53 Å². The Morgan fingerprint density at radius 3 is 2.57 bits per heavy atom. The molecule has 0 saturated carbocycles. The molecule has 5 nitrogen and oxygen atoms in total. The third kappa shape index (κ3) is 3.76. The summed E-state index contributed by atoms with van der Waals surface area (Å²) in [7, 11) is 0. The maximum absolute atomic E-state index is 13.4. The van der Waals surface area contributed by atoms with E-state index in [-0.39, 0.29) is 12.2 Å². The third-order valence-electron chi connectivity index (χ3n) is 4.80. The van der Waals surface area contributed by atoms with Gasteiger partial charge in [0.1, 0.15) is 0 Å². The molecule has 0 saturated heterocycles. The van der Waals surface area contributed by atoms with Crippen molar-refractivity contribution in [3.63, 3.8) is 0 Å². The number of aromatic nitrogens is 1. The molecule has 0 radical (unpaired) electrons. The first-order valence-corrected chi connectivity index (χ1v) is 10.7. The van der Waals surface area contributed by atoms with E-state index >= 15 is 0 Å². The molecule has 0 unspecified atom stereocenters. The van der Waals surface area contributed by atoms with Crippen molar-refractivity contribution in [3.05, 3.63) is 102 Å². The molecule has 152 valence electrons. The van der Waals surface area contributed by atoms with Gasteiger partial charge in [0.25, 0.3) is 5.56 Å². The van der Waals surface area contributed by atoms with Gasteiger partial charge in [-0.2, -0.15) is 0 Å². The number of fused-ring (bicyclic) bond motifs is 1. The number of hydrogen-bond acceptors (Lipinski definition) is 5. The van der Waals surface area contributed by atoms with Gasteiger partial charge in [-0.25, -0.2) is 9.79 Å². The molecule has 1 aliphatic rings. The standard InChI is InChI=1S/C23H19ClN2O3S/c1-3-29-22(28)19-14(2)25-23-26(20(19)16-9-11-17(24)12-10-16)21(27)18(30-23)13-15-7-5-4-6-8-15/h4-13,20H,3H2,1-2H3/t20-/m1/s1. The van der Waals surface area contributed by atoms with Crippen LogP contribution in [0.5, 0.6) is 0 Å². The number of thiazole rings is 1. The summed E-state index contributed by atoms with van der Waals surface area (Å²) in [6, 6.07) is 16.1. The van der Waals surface area contributed by atoms with E-state index in [1.165, 1.54) is 11.3 Å². The van der Waals surface area contributed by atoms with Crippen molar-refractivity contribution in [2.24, 2.45) is 4.99 Å². The summed E-state index contributed by atoms with van der Waals surface area (Å²) in [5.74, 6) is -0.476. The quantitative estimate of drug-likeness (QED) is 0.586. The molecule has 30 heavy (non-hydrogen) atoms. The maximum atomic E-state index is 13.4. The van der Waals surface area contributed by atoms with E-state index in [0.29, 0.717) is 25.6 Å². The lowest BCUT2D eigenvalue weighted by Crippen LogP contribution is -2.39. The van der Waals surface area contributed by atoms with E-state index in [9.17, 15) is 9.59 Å². The Balaban J connectivity index is 1.96. The van der Waals surface area contributed by atoms with E-state index in [1.54, 1.807) is 30.5 Å². The second-order valence-electron chi connectivity index (χ2n) is 6.76. The minimum atomic E-state index is -0.629. The van der Waals surface area contributed by atoms with Crippen molar-refractivity contribution < 1.29 is 9.53 Å². The molecular formula is C23H19ClN2O3S. The fourth-order valence-electron chi connectivity index (χ4n) is 3.45. The Labute approximate surface area is 182 Å². The number of carbonyl (C=O) groups is 1. The van der Waals surface area contributed by atoms with Crippen LogP contribution in [0.1, 0.15) is 31.0 Å². The van der Waals surface area contributed by atoms with Gasteiger partial charge in [-0.3, -0.25) is 9.36 Å². The van der Waals surface area contributed by atoms with Crippen LogP contribution in [0, 0.1) is 0 Å². The first-order chi connectivity index (χ1) is 14.5. The molecule has 0 N–H and O–H groups in total. The van der Waals surface area contributed by atoms with Gasteiger partial charge in [0.15, 0.2) is 4.80 Å². The Morgan fingerprint density at radius 2 is 1.90 bits per heavy atom. The number of benzene rings is 2. The first kappa shape index (κ1) is 20.3. The van der Waals surface area contributed by atoms with Crippen LogP contribution in [0.15, 0.2) is 75.7 Å². The van der Waals surface area contributed by atoms with Crippen LogP contribution < -0.4 is 14.9 Å². The van der Waals surface area contributed by atoms with Crippen molar-refractivity contribution in [1.29, 1.82) is 0 Å². The number of carbonyl (C=O) groups excluding carboxylic acids is 1. The Bertz CT molecular complexity index is 1310. The zero-order valence-corrected chi connectivity index (χ0v) is 18.0. The summed E-state index contributed by atoms with van der Waals surface area (Å²) >= 11 is 7.37. The molecule has 0 fully saturated rings. The van der Waals surface area contributed by atoms with Crippen LogP contribution in [0.4, 0.5) is 0 Å². The monoisotopic (exact) mass is 438 g/mol. The number of nitrogens with zero attached hydrogens (tertiary/aromatic N) is 2. The molecular weight excluding hydrogens is 420 g/mol. The van der Waals surface area contributed by atoms with E-state index in [2.05, 4.69) is 4.99 Å². The lowest BCUT2D eigenvalue weighted by molar-refractivity contribution is -0.139. The van der Waals surface area contributed by atoms with Gasteiger partial charge in [0, 0.05) is 5.02 Å². The normalized spacial score (nSPS) is 16.2. The first-order valence-electron chi connectivity index (χ1n) is 9.49. The fraction of sp³-hybridized carbons (Fsp3) is 0.174. The van der Waals surface area contributed by atoms with Gasteiger partial charge < -0.3 is 4.74 Å². The molecule has 7 heteroatoms. The third-order valence-corrected chi connectivity index (χ3v) is 6.04. The molecule has 4 rings (SSSR count). The van der Waals surface area contributed by atoms with E-state index < -0.39 is 12.0 Å². The Morgan fingerprint density at radius 1 is 1.20 bits per heavy atom. The largest absolute Gasteiger partial charge is 0.463 e. The number of rotatable bonds is 4. The highest BCUT2D eigenvalue weighted by Gasteiger charge is 2.33. The van der Waals surface area contributed by atoms with Gasteiger partial charge in [0.05, 0.1) is 28.5 Å². The molecule has 0 aliphatic carbocycles. The Hall–Kier alpha value is -2.96. The minimum absolute atomic E-state index is 0.197. The molecule has 1 aliphatic heterocycles. The van der Waals surface area contributed by atoms with Gasteiger partial charge in [-0.15, -0.1) is 0 Å². The number of halogens is 1. The average Bonchev–Trinajstić information content (AvgIpc) is 3.03. The van der Waals surface area contributed by atoms with Gasteiger partial charge in [-0.05, 0) is 43.2 Å². The SMILES string of the molecule is CCOC(=O)C1=C(C)N=c2sc(=Cc3ccccc3)c(=O)n2[C@@H]1c1ccc(Cl)cc1. The number of hydrogen-bond donors (Lipinski definition) is 0. The fourth-order valence-corrected chi connectivity index (χ4v) is 4.63. The van der Waals surface area contributed by atoms with Crippen LogP contribution in [0.2, 0.25) is 5.02 Å². The summed E-state index contributed by atoms with van der Waals surface area (Å²) in [6.07, 6.45) is 1.84. The number of esters is 1. The predicted molar refractivity (Wildman–Crippen MR) is 118 cm³/mol. The summed E-state index contributed by atoms with van der Waals surface area (Å²) in [5.41, 5.74) is 2.40. The predicted octanol–water partition coefficient (Wildman–Crippen LogP) is 3.45. The summed E-state index contributed by atoms with van der Waals surface area (Å²) in [6.45, 7) is 3.75. The summed E-state index contributed by atoms with van der Waals surface area (Å²) < 4.78 is 7.41. The molecule has 0 amide bonds. The number of ether oxygens (including phenoxy) is 1. The van der Waals surface area contributed by atoms with Crippen LogP contribution in [0.25, 0.3) is 6.08 Å². The number of allylic oxidation sites excluding steroid dienone is 1. The van der Waals surface area contributed by atoms with E-state index in [0.717, 1.165) is 11.1 Å². The lowest BCUT2D eigenvalue weighted by atomic mass is 9.96. The van der Waals surface area contributed by atoms with E-state index in [4.69, 9.17) is 16.3 Å². The minimum Gasteiger partial charge on any atom is -0.463 e. The van der Waals surface area contributed by atoms with Crippen molar-refractivity contribution in [1.82, 2.24) is 4.57 Å². The highest BCUT2D eigenvalue weighted by atomic mass is 35.5. The van der Waals surface area contributed by atoms with Crippen LogP contribution in [-0.4, -0.2) is 17.1 Å². The van der Waals surface area contributed by atoms with Crippen LogP contribution >= 0.6 is 22.9 Å². The highest BCUT2D eigenvalue weighted by molar-refractivity contribution is 7.07. The molecule has 2 aromatic carbocycles. The van der Waals surface area contributed by atoms with Gasteiger partial charge in [-0.1, -0.05) is 65.4 Å². The molecule has 2 heterocycles. The zero-order valence-electron chi connectivity index (χ0n) is 16.5. The summed E-state index contributed by atoms with van der Waals surface area (Å²) in [4.78, 5) is 31.3. The van der Waals surface area contributed by atoms with Crippen molar-refractivity contribution >= 4 is 35.0 Å². The molecule has 0 spiro atoms. The zero-order chi connectivity index (χ0) is 21.3. The molecule has 1 aromatic heterocycles. The average molecular weight is 439 g/mol. The lowest BCUT2D eigenvalue weighted by Gasteiger charge is -2.24. The molecule has 3 aromatic rings. The van der Waals surface area contributed by atoms with E-state index in [1.807, 2.05) is 48.5 Å². The Kier molecular flexibility index (Phi) is 5.70. The second kappa shape index (κ2) is 8.42. The van der Waals surface area contributed by atoms with Crippen LogP contribution in [0.3, 0.4) is 0 Å².